The summed E-state index contributed by atoms with van der Waals surface area (Å²) in [5.41, 5.74) is -0.397. The Morgan fingerprint density at radius 1 is 1.04 bits per heavy atom. The number of alkyl halides is 6. The van der Waals surface area contributed by atoms with Crippen molar-refractivity contribution in [3.63, 3.8) is 0 Å². The van der Waals surface area contributed by atoms with Crippen molar-refractivity contribution < 1.29 is 31.1 Å². The third kappa shape index (κ3) is 4.33. The summed E-state index contributed by atoms with van der Waals surface area (Å²) >= 11 is 0. The molecule has 0 saturated carbocycles. The van der Waals surface area contributed by atoms with E-state index in [1.54, 1.807) is 31.2 Å². The zero-order valence-corrected chi connectivity index (χ0v) is 11.7. The number of aromatic nitrogens is 2. The largest absolute Gasteiger partial charge is 0.467 e. The van der Waals surface area contributed by atoms with Crippen molar-refractivity contribution in [2.45, 2.75) is 19.3 Å². The van der Waals surface area contributed by atoms with Gasteiger partial charge in [-0.2, -0.15) is 31.3 Å². The van der Waals surface area contributed by atoms with Gasteiger partial charge < -0.3 is 4.74 Å². The minimum Gasteiger partial charge on any atom is -0.467 e. The molecule has 1 heterocycles. The van der Waals surface area contributed by atoms with Gasteiger partial charge in [-0.1, -0.05) is 24.3 Å². The molecule has 124 valence electrons. The molecule has 0 spiro atoms. The summed E-state index contributed by atoms with van der Waals surface area (Å²) in [6.07, 6.45) is -9.29. The second-order valence-electron chi connectivity index (χ2n) is 4.63. The lowest BCUT2D eigenvalue weighted by Gasteiger charge is -2.15. The van der Waals surface area contributed by atoms with Crippen LogP contribution in [-0.4, -0.2) is 22.8 Å². The normalized spacial score (nSPS) is 12.3. The van der Waals surface area contributed by atoms with E-state index in [0.29, 0.717) is 17.3 Å². The van der Waals surface area contributed by atoms with Gasteiger partial charge in [-0.15, -0.1) is 0 Å². The number of aryl methyl sites for hydroxylation is 1. The average molecular weight is 336 g/mol. The molecular weight excluding hydrogens is 326 g/mol. The zero-order valence-electron chi connectivity index (χ0n) is 11.7. The summed E-state index contributed by atoms with van der Waals surface area (Å²) in [6, 6.07) is 6.53. The van der Waals surface area contributed by atoms with Crippen LogP contribution in [0.4, 0.5) is 26.3 Å². The van der Waals surface area contributed by atoms with Gasteiger partial charge in [0, 0.05) is 11.8 Å². The lowest BCUT2D eigenvalue weighted by molar-refractivity contribution is -0.159. The van der Waals surface area contributed by atoms with Crippen molar-refractivity contribution in [1.82, 2.24) is 9.97 Å². The van der Waals surface area contributed by atoms with Gasteiger partial charge in [-0.3, -0.25) is 0 Å². The van der Waals surface area contributed by atoms with Crippen molar-refractivity contribution in [3.8, 4) is 17.3 Å². The molecule has 0 aliphatic carbocycles. The standard InChI is InChI=1S/C14H10F6N2O/c1-8-4-2-3-5-9(8)11-21-6-10(14(18,19)20)12(22-11)23-7-13(15,16)17/h2-6H,7H2,1H3. The number of halogens is 6. The lowest BCUT2D eigenvalue weighted by atomic mass is 10.1. The first-order valence-corrected chi connectivity index (χ1v) is 6.28. The lowest BCUT2D eigenvalue weighted by Crippen LogP contribution is -2.22. The van der Waals surface area contributed by atoms with Gasteiger partial charge in [0.2, 0.25) is 5.88 Å². The highest BCUT2D eigenvalue weighted by atomic mass is 19.4. The summed E-state index contributed by atoms with van der Waals surface area (Å²) in [7, 11) is 0. The summed E-state index contributed by atoms with van der Waals surface area (Å²) in [5, 5.41) is 0. The topological polar surface area (TPSA) is 35.0 Å². The van der Waals surface area contributed by atoms with Crippen LogP contribution in [0.15, 0.2) is 30.5 Å². The Bertz CT molecular complexity index is 696. The molecule has 2 aromatic rings. The molecule has 0 amide bonds. The Morgan fingerprint density at radius 2 is 1.70 bits per heavy atom. The molecule has 9 heteroatoms. The van der Waals surface area contributed by atoms with Gasteiger partial charge in [-0.25, -0.2) is 4.98 Å². The van der Waals surface area contributed by atoms with Crippen LogP contribution in [0.25, 0.3) is 11.4 Å². The van der Waals surface area contributed by atoms with Crippen LogP contribution in [0.2, 0.25) is 0 Å². The highest BCUT2D eigenvalue weighted by Crippen LogP contribution is 2.36. The number of ether oxygens (including phenoxy) is 1. The van der Waals surface area contributed by atoms with E-state index in [1.165, 1.54) is 0 Å². The van der Waals surface area contributed by atoms with Crippen LogP contribution in [0.1, 0.15) is 11.1 Å². The molecule has 0 saturated heterocycles. The molecular formula is C14H10F6N2O. The predicted molar refractivity (Wildman–Crippen MR) is 68.8 cm³/mol. The maximum Gasteiger partial charge on any atom is 0.423 e. The summed E-state index contributed by atoms with van der Waals surface area (Å²) in [6.45, 7) is -0.201. The summed E-state index contributed by atoms with van der Waals surface area (Å²) in [5.74, 6) is -1.30. The zero-order chi connectivity index (χ0) is 17.3. The van der Waals surface area contributed by atoms with Crippen LogP contribution < -0.4 is 4.74 Å². The number of hydrogen-bond acceptors (Lipinski definition) is 3. The van der Waals surface area contributed by atoms with E-state index in [9.17, 15) is 26.3 Å². The molecule has 0 aliphatic heterocycles. The molecule has 2 rings (SSSR count). The molecule has 0 N–H and O–H groups in total. The summed E-state index contributed by atoms with van der Waals surface area (Å²) < 4.78 is 79.4. The van der Waals surface area contributed by atoms with Crippen LogP contribution in [0.5, 0.6) is 5.88 Å². The number of hydrogen-bond donors (Lipinski definition) is 0. The van der Waals surface area contributed by atoms with Crippen molar-refractivity contribution in [1.29, 1.82) is 0 Å². The fraction of sp³-hybridized carbons (Fsp3) is 0.286. The monoisotopic (exact) mass is 336 g/mol. The molecule has 0 aliphatic rings. The Morgan fingerprint density at radius 3 is 2.26 bits per heavy atom. The third-order valence-corrected chi connectivity index (χ3v) is 2.82. The van der Waals surface area contributed by atoms with Gasteiger partial charge in [0.1, 0.15) is 5.56 Å². The van der Waals surface area contributed by atoms with Gasteiger partial charge in [-0.05, 0) is 12.5 Å². The first-order chi connectivity index (χ1) is 10.6. The average Bonchev–Trinajstić information content (AvgIpc) is 2.43. The van der Waals surface area contributed by atoms with Crippen LogP contribution in [-0.2, 0) is 6.18 Å². The molecule has 0 fully saturated rings. The fourth-order valence-corrected chi connectivity index (χ4v) is 1.77. The second kappa shape index (κ2) is 6.05. The van der Waals surface area contributed by atoms with Crippen LogP contribution in [0, 0.1) is 6.92 Å². The molecule has 0 unspecified atom stereocenters. The number of nitrogens with zero attached hydrogens (tertiary/aromatic N) is 2. The van der Waals surface area contributed by atoms with Gasteiger partial charge in [0.15, 0.2) is 12.4 Å². The molecule has 1 aromatic carbocycles. The molecule has 0 atom stereocenters. The minimum absolute atomic E-state index is 0.145. The molecule has 3 nitrogen and oxygen atoms in total. The van der Waals surface area contributed by atoms with E-state index in [4.69, 9.17) is 0 Å². The first-order valence-electron chi connectivity index (χ1n) is 6.28. The number of benzene rings is 1. The van der Waals surface area contributed by atoms with Crippen molar-refractivity contribution >= 4 is 0 Å². The van der Waals surface area contributed by atoms with E-state index in [2.05, 4.69) is 14.7 Å². The molecule has 0 bridgehead atoms. The third-order valence-electron chi connectivity index (χ3n) is 2.82. The quantitative estimate of drug-likeness (QED) is 0.779. The summed E-state index contributed by atoms with van der Waals surface area (Å²) in [4.78, 5) is 7.11. The van der Waals surface area contributed by atoms with Crippen molar-refractivity contribution in [3.05, 3.63) is 41.6 Å². The molecule has 23 heavy (non-hydrogen) atoms. The second-order valence-corrected chi connectivity index (χ2v) is 4.63. The maximum absolute atomic E-state index is 12.8. The fourth-order valence-electron chi connectivity index (χ4n) is 1.77. The van der Waals surface area contributed by atoms with Gasteiger partial charge in [0.25, 0.3) is 0 Å². The predicted octanol–water partition coefficient (Wildman–Crippen LogP) is 4.41. The Hall–Kier alpha value is -2.32. The smallest absolute Gasteiger partial charge is 0.423 e. The van der Waals surface area contributed by atoms with E-state index in [0.717, 1.165) is 0 Å². The Kier molecular flexibility index (Phi) is 4.49. The van der Waals surface area contributed by atoms with E-state index in [1.807, 2.05) is 0 Å². The van der Waals surface area contributed by atoms with E-state index < -0.39 is 30.4 Å². The Labute approximate surface area is 126 Å². The van der Waals surface area contributed by atoms with E-state index in [-0.39, 0.29) is 5.82 Å². The molecule has 0 radical (unpaired) electrons. The van der Waals surface area contributed by atoms with Crippen LogP contribution in [0.3, 0.4) is 0 Å². The van der Waals surface area contributed by atoms with Gasteiger partial charge in [0.05, 0.1) is 0 Å². The Balaban J connectivity index is 2.47. The van der Waals surface area contributed by atoms with Crippen molar-refractivity contribution in [2.24, 2.45) is 0 Å². The highest BCUT2D eigenvalue weighted by molar-refractivity contribution is 5.60. The molecule has 1 aromatic heterocycles. The SMILES string of the molecule is Cc1ccccc1-c1ncc(C(F)(F)F)c(OCC(F)(F)F)n1. The first kappa shape index (κ1) is 17.0. The van der Waals surface area contributed by atoms with Gasteiger partial charge >= 0.3 is 12.4 Å². The van der Waals surface area contributed by atoms with Crippen LogP contribution >= 0.6 is 0 Å². The maximum atomic E-state index is 12.8. The number of rotatable bonds is 3. The minimum atomic E-state index is -4.93. The highest BCUT2D eigenvalue weighted by Gasteiger charge is 2.38. The van der Waals surface area contributed by atoms with E-state index >= 15 is 0 Å². The van der Waals surface area contributed by atoms with Crippen molar-refractivity contribution in [2.75, 3.05) is 6.61 Å².